The van der Waals surface area contributed by atoms with Crippen molar-refractivity contribution >= 4 is 5.91 Å². The molecule has 1 fully saturated rings. The molecule has 1 rings (SSSR count). The molecule has 15 heavy (non-hydrogen) atoms. The third-order valence-electron chi connectivity index (χ3n) is 1.71. The molecule has 1 amide bonds. The van der Waals surface area contributed by atoms with Crippen LogP contribution in [0.15, 0.2) is 0 Å². The molecule has 0 radical (unpaired) electrons. The van der Waals surface area contributed by atoms with Gasteiger partial charge in [-0.25, -0.2) is 0 Å². The highest BCUT2D eigenvalue weighted by atomic mass is 16.5. The smallest absolute Gasteiger partial charge is 0.220 e. The van der Waals surface area contributed by atoms with Crippen LogP contribution < -0.4 is 5.32 Å². The quantitative estimate of drug-likeness (QED) is 0.614. The van der Waals surface area contributed by atoms with Crippen molar-refractivity contribution < 1.29 is 19.4 Å². The highest BCUT2D eigenvalue weighted by molar-refractivity contribution is 5.77. The second-order valence-corrected chi connectivity index (χ2v) is 2.99. The van der Waals surface area contributed by atoms with Crippen LogP contribution in [0.25, 0.3) is 0 Å². The number of carbonyl (C=O) groups is 1. The minimum absolute atomic E-state index is 0.0894. The van der Waals surface area contributed by atoms with E-state index in [2.05, 4.69) is 5.32 Å². The monoisotopic (exact) mass is 219 g/mol. The van der Waals surface area contributed by atoms with Crippen LogP contribution in [0, 0.1) is 0 Å². The molecule has 90 valence electrons. The number of hydrogen-bond acceptors (Lipinski definition) is 4. The third kappa shape index (κ3) is 11.3. The van der Waals surface area contributed by atoms with Crippen LogP contribution >= 0.6 is 0 Å². The Hall–Kier alpha value is -0.650. The summed E-state index contributed by atoms with van der Waals surface area (Å²) in [5.74, 6) is 0.204. The summed E-state index contributed by atoms with van der Waals surface area (Å²) in [5.41, 5.74) is 0. The fraction of sp³-hybridized carbons (Fsp3) is 0.900. The molecule has 0 aliphatic carbocycles. The van der Waals surface area contributed by atoms with Gasteiger partial charge in [0.15, 0.2) is 0 Å². The first-order valence-electron chi connectivity index (χ1n) is 5.34. The van der Waals surface area contributed by atoms with E-state index in [4.69, 9.17) is 14.6 Å². The maximum Gasteiger partial charge on any atom is 0.220 e. The van der Waals surface area contributed by atoms with Gasteiger partial charge in [0.25, 0.3) is 0 Å². The van der Waals surface area contributed by atoms with E-state index in [9.17, 15) is 4.79 Å². The number of ether oxygens (including phenoxy) is 2. The van der Waals surface area contributed by atoms with Gasteiger partial charge >= 0.3 is 0 Å². The first-order chi connectivity index (χ1) is 7.31. The minimum Gasteiger partial charge on any atom is -0.394 e. The van der Waals surface area contributed by atoms with Crippen LogP contribution in [0.1, 0.15) is 19.8 Å². The summed E-state index contributed by atoms with van der Waals surface area (Å²) in [6, 6.07) is 0. The predicted molar refractivity (Wildman–Crippen MR) is 56.6 cm³/mol. The molecule has 0 unspecified atom stereocenters. The third-order valence-corrected chi connectivity index (χ3v) is 1.71. The van der Waals surface area contributed by atoms with Crippen molar-refractivity contribution in [2.24, 2.45) is 0 Å². The van der Waals surface area contributed by atoms with Crippen LogP contribution in [0.2, 0.25) is 0 Å². The molecule has 0 aromatic rings. The standard InChI is InChI=1S/C6H14O3.C4H7NO/c1-2-8-5-6-9-4-3-7;6-4-2-1-3-5-4/h7H,2-6H2,1H3;1-3H2,(H,5,6). The lowest BCUT2D eigenvalue weighted by atomic mass is 10.4. The van der Waals surface area contributed by atoms with Gasteiger partial charge in [-0.15, -0.1) is 0 Å². The van der Waals surface area contributed by atoms with E-state index in [1.54, 1.807) is 0 Å². The summed E-state index contributed by atoms with van der Waals surface area (Å²) in [4.78, 5) is 10.1. The summed E-state index contributed by atoms with van der Waals surface area (Å²) in [6.07, 6.45) is 1.76. The molecule has 1 heterocycles. The lowest BCUT2D eigenvalue weighted by molar-refractivity contribution is -0.119. The molecule has 1 aliphatic heterocycles. The Balaban J connectivity index is 0.000000280. The van der Waals surface area contributed by atoms with Gasteiger partial charge in [-0.3, -0.25) is 4.79 Å². The van der Waals surface area contributed by atoms with Crippen molar-refractivity contribution in [1.82, 2.24) is 5.32 Å². The number of aliphatic hydroxyl groups excluding tert-OH is 1. The Kier molecular flexibility index (Phi) is 10.9. The molecule has 1 saturated heterocycles. The normalized spacial score (nSPS) is 14.4. The van der Waals surface area contributed by atoms with Gasteiger partial charge in [0.05, 0.1) is 26.4 Å². The van der Waals surface area contributed by atoms with Crippen molar-refractivity contribution in [3.8, 4) is 0 Å². The molecule has 5 heteroatoms. The van der Waals surface area contributed by atoms with E-state index in [0.717, 1.165) is 26.0 Å². The fourth-order valence-electron chi connectivity index (χ4n) is 0.994. The molecule has 0 aromatic carbocycles. The second-order valence-electron chi connectivity index (χ2n) is 2.99. The van der Waals surface area contributed by atoms with Gasteiger partial charge < -0.3 is 19.9 Å². The van der Waals surface area contributed by atoms with E-state index in [0.29, 0.717) is 19.8 Å². The van der Waals surface area contributed by atoms with E-state index in [1.165, 1.54) is 0 Å². The summed E-state index contributed by atoms with van der Waals surface area (Å²) < 4.78 is 9.88. The van der Waals surface area contributed by atoms with E-state index in [1.807, 2.05) is 6.92 Å². The van der Waals surface area contributed by atoms with Gasteiger partial charge in [-0.2, -0.15) is 0 Å². The summed E-state index contributed by atoms with van der Waals surface area (Å²) >= 11 is 0. The fourth-order valence-corrected chi connectivity index (χ4v) is 0.994. The van der Waals surface area contributed by atoms with Gasteiger partial charge in [0.2, 0.25) is 5.91 Å². The zero-order chi connectivity index (χ0) is 11.4. The van der Waals surface area contributed by atoms with Gasteiger partial charge in [-0.1, -0.05) is 0 Å². The summed E-state index contributed by atoms with van der Waals surface area (Å²) in [7, 11) is 0. The molecule has 0 spiro atoms. The summed E-state index contributed by atoms with van der Waals surface area (Å²) in [5, 5.41) is 10.9. The largest absolute Gasteiger partial charge is 0.394 e. The van der Waals surface area contributed by atoms with Crippen molar-refractivity contribution in [3.63, 3.8) is 0 Å². The molecular weight excluding hydrogens is 198 g/mol. The average Bonchev–Trinajstić information content (AvgIpc) is 2.70. The van der Waals surface area contributed by atoms with Crippen LogP contribution in [0.3, 0.4) is 0 Å². The van der Waals surface area contributed by atoms with Crippen molar-refractivity contribution in [2.75, 3.05) is 39.6 Å². The van der Waals surface area contributed by atoms with Crippen LogP contribution in [0.4, 0.5) is 0 Å². The van der Waals surface area contributed by atoms with Crippen LogP contribution in [-0.4, -0.2) is 50.6 Å². The molecule has 0 aromatic heterocycles. The van der Waals surface area contributed by atoms with E-state index in [-0.39, 0.29) is 12.5 Å². The minimum atomic E-state index is 0.0894. The predicted octanol–water partition coefficient (Wildman–Crippen LogP) is -0.0718. The highest BCUT2D eigenvalue weighted by Crippen LogP contribution is 1.93. The highest BCUT2D eigenvalue weighted by Gasteiger charge is 2.05. The molecule has 5 nitrogen and oxygen atoms in total. The van der Waals surface area contributed by atoms with Crippen molar-refractivity contribution in [3.05, 3.63) is 0 Å². The number of aliphatic hydroxyl groups is 1. The zero-order valence-corrected chi connectivity index (χ0v) is 9.33. The summed E-state index contributed by atoms with van der Waals surface area (Å²) in [6.45, 7) is 5.25. The SMILES string of the molecule is CCOCCOCCO.O=C1CCCN1. The number of amides is 1. The maximum absolute atomic E-state index is 10.1. The van der Waals surface area contributed by atoms with E-state index < -0.39 is 0 Å². The topological polar surface area (TPSA) is 67.8 Å². The maximum atomic E-state index is 10.1. The Morgan fingerprint density at radius 1 is 1.33 bits per heavy atom. The molecule has 0 saturated carbocycles. The number of nitrogens with one attached hydrogen (secondary N) is 1. The van der Waals surface area contributed by atoms with Crippen molar-refractivity contribution in [1.29, 1.82) is 0 Å². The molecular formula is C10H21NO4. The molecule has 0 bridgehead atoms. The number of hydrogen-bond donors (Lipinski definition) is 2. The average molecular weight is 219 g/mol. The molecule has 0 atom stereocenters. The second kappa shape index (κ2) is 11.4. The Morgan fingerprint density at radius 3 is 2.47 bits per heavy atom. The molecule has 1 aliphatic rings. The number of carbonyl (C=O) groups excluding carboxylic acids is 1. The lowest BCUT2D eigenvalue weighted by Crippen LogP contribution is -2.12. The van der Waals surface area contributed by atoms with Gasteiger partial charge in [0.1, 0.15) is 0 Å². The van der Waals surface area contributed by atoms with Crippen molar-refractivity contribution in [2.45, 2.75) is 19.8 Å². The molecule has 2 N–H and O–H groups in total. The Bertz CT molecular complexity index is 138. The number of rotatable bonds is 6. The van der Waals surface area contributed by atoms with Crippen LogP contribution in [-0.2, 0) is 14.3 Å². The first kappa shape index (κ1) is 14.3. The van der Waals surface area contributed by atoms with Crippen LogP contribution in [0.5, 0.6) is 0 Å². The Labute approximate surface area is 90.8 Å². The Morgan fingerprint density at radius 2 is 2.07 bits per heavy atom. The lowest BCUT2D eigenvalue weighted by Gasteiger charge is -2.00. The zero-order valence-electron chi connectivity index (χ0n) is 9.33. The van der Waals surface area contributed by atoms with E-state index >= 15 is 0 Å². The van der Waals surface area contributed by atoms with Gasteiger partial charge in [0, 0.05) is 19.6 Å². The first-order valence-corrected chi connectivity index (χ1v) is 5.34. The van der Waals surface area contributed by atoms with Gasteiger partial charge in [-0.05, 0) is 13.3 Å².